The molecule has 2 amide bonds. The lowest BCUT2D eigenvalue weighted by atomic mass is 10.2. The lowest BCUT2D eigenvalue weighted by Crippen LogP contribution is -2.53. The molecule has 2 aromatic carbocycles. The number of anilines is 1. The van der Waals surface area contributed by atoms with Crippen molar-refractivity contribution in [2.45, 2.75) is 60.7 Å². The fourth-order valence-electron chi connectivity index (χ4n) is 2.89. The molecule has 3 rings (SSSR count). The first-order valence-corrected chi connectivity index (χ1v) is 11.4. The number of carbonyl (C=O) groups is 2. The molecule has 0 atom stereocenters. The molecule has 2 aromatic rings. The van der Waals surface area contributed by atoms with Crippen LogP contribution in [0.3, 0.4) is 0 Å². The summed E-state index contributed by atoms with van der Waals surface area (Å²) in [7, 11) is 0. The highest BCUT2D eigenvalue weighted by Gasteiger charge is 2.30. The van der Waals surface area contributed by atoms with Gasteiger partial charge in [0.15, 0.2) is 0 Å². The first-order chi connectivity index (χ1) is 15.3. The predicted molar refractivity (Wildman–Crippen MR) is 130 cm³/mol. The molecule has 0 aliphatic carbocycles. The second kappa shape index (κ2) is 13.4. The molecule has 0 radical (unpaired) electrons. The van der Waals surface area contributed by atoms with E-state index in [-0.39, 0.29) is 12.5 Å². The van der Waals surface area contributed by atoms with Gasteiger partial charge in [0, 0.05) is 18.8 Å². The van der Waals surface area contributed by atoms with Crippen LogP contribution in [0.4, 0.5) is 10.5 Å². The van der Waals surface area contributed by atoms with Crippen LogP contribution in [-0.4, -0.2) is 42.1 Å². The molecule has 0 unspecified atom stereocenters. The van der Waals surface area contributed by atoms with Crippen LogP contribution in [-0.2, 0) is 16.1 Å². The number of piperazine rings is 1. The zero-order valence-electron chi connectivity index (χ0n) is 20.6. The van der Waals surface area contributed by atoms with E-state index >= 15 is 0 Å². The molecule has 1 saturated heterocycles. The Kier molecular flexibility index (Phi) is 11.3. The van der Waals surface area contributed by atoms with E-state index in [1.807, 2.05) is 103 Å². The van der Waals surface area contributed by atoms with E-state index in [2.05, 4.69) is 0 Å². The van der Waals surface area contributed by atoms with E-state index in [1.165, 1.54) is 4.90 Å². The van der Waals surface area contributed by atoms with Crippen LogP contribution in [0.15, 0.2) is 54.6 Å². The summed E-state index contributed by atoms with van der Waals surface area (Å²) >= 11 is 0. The first-order valence-electron chi connectivity index (χ1n) is 11.4. The molecule has 32 heavy (non-hydrogen) atoms. The minimum atomic E-state index is -0.577. The van der Waals surface area contributed by atoms with Gasteiger partial charge in [-0.1, -0.05) is 58.0 Å². The largest absolute Gasteiger partial charge is 0.489 e. The number of rotatable bonds is 4. The van der Waals surface area contributed by atoms with E-state index in [0.717, 1.165) is 17.0 Å². The smallest absolute Gasteiger partial charge is 0.410 e. The van der Waals surface area contributed by atoms with Gasteiger partial charge in [-0.2, -0.15) is 0 Å². The van der Waals surface area contributed by atoms with Gasteiger partial charge in [0.2, 0.25) is 5.91 Å². The van der Waals surface area contributed by atoms with Crippen LogP contribution in [0.1, 0.15) is 54.0 Å². The van der Waals surface area contributed by atoms with Crippen LogP contribution in [0, 0.1) is 0 Å². The Morgan fingerprint density at radius 1 is 0.906 bits per heavy atom. The fourth-order valence-corrected chi connectivity index (χ4v) is 2.89. The highest BCUT2D eigenvalue weighted by Crippen LogP contribution is 2.22. The summed E-state index contributed by atoms with van der Waals surface area (Å²) in [5.74, 6) is 0.613. The van der Waals surface area contributed by atoms with Gasteiger partial charge in [-0.3, -0.25) is 9.69 Å². The number of benzene rings is 2. The monoisotopic (exact) mass is 442 g/mol. The molecule has 0 N–H and O–H groups in total. The maximum absolute atomic E-state index is 12.5. The first kappa shape index (κ1) is 27.0. The topological polar surface area (TPSA) is 59.1 Å². The van der Waals surface area contributed by atoms with Crippen molar-refractivity contribution in [1.82, 2.24) is 4.90 Å². The lowest BCUT2D eigenvalue weighted by Gasteiger charge is -2.35. The maximum Gasteiger partial charge on any atom is 0.410 e. The average molecular weight is 443 g/mol. The molecule has 1 aliphatic rings. The summed E-state index contributed by atoms with van der Waals surface area (Å²) in [6.45, 7) is 14.8. The third-order valence-electron chi connectivity index (χ3n) is 4.27. The van der Waals surface area contributed by atoms with Gasteiger partial charge in [0.25, 0.3) is 0 Å². The Balaban J connectivity index is 0.00000121. The second-order valence-electron chi connectivity index (χ2n) is 7.72. The SMILES string of the molecule is CC.CC.CC(C)(C)OC(=O)N1CCN(c2ccc(OCc3ccccc3)cc2)C(=O)C1. The van der Waals surface area contributed by atoms with Gasteiger partial charge in [-0.15, -0.1) is 0 Å². The fraction of sp³-hybridized carbons (Fsp3) is 0.462. The van der Waals surface area contributed by atoms with Crippen molar-refractivity contribution in [2.75, 3.05) is 24.5 Å². The third-order valence-corrected chi connectivity index (χ3v) is 4.27. The van der Waals surface area contributed by atoms with Gasteiger partial charge in [0.1, 0.15) is 24.5 Å². The van der Waals surface area contributed by atoms with Crippen molar-refractivity contribution < 1.29 is 19.1 Å². The van der Waals surface area contributed by atoms with E-state index in [4.69, 9.17) is 9.47 Å². The number of ether oxygens (including phenoxy) is 2. The van der Waals surface area contributed by atoms with E-state index in [9.17, 15) is 9.59 Å². The molecule has 1 fully saturated rings. The van der Waals surface area contributed by atoms with Gasteiger partial charge in [-0.25, -0.2) is 4.79 Å². The van der Waals surface area contributed by atoms with Crippen LogP contribution in [0.2, 0.25) is 0 Å². The van der Waals surface area contributed by atoms with E-state index in [1.54, 1.807) is 4.90 Å². The molecule has 0 saturated carbocycles. The van der Waals surface area contributed by atoms with Gasteiger partial charge in [0.05, 0.1) is 0 Å². The third kappa shape index (κ3) is 8.61. The lowest BCUT2D eigenvalue weighted by molar-refractivity contribution is -0.121. The molecule has 0 spiro atoms. The molecular formula is C26H38N2O4. The van der Waals surface area contributed by atoms with Crippen molar-refractivity contribution in [1.29, 1.82) is 0 Å². The minimum Gasteiger partial charge on any atom is -0.489 e. The Morgan fingerprint density at radius 2 is 1.50 bits per heavy atom. The van der Waals surface area contributed by atoms with Gasteiger partial charge < -0.3 is 14.4 Å². The van der Waals surface area contributed by atoms with Crippen LogP contribution in [0.25, 0.3) is 0 Å². The minimum absolute atomic E-state index is 0.0151. The zero-order valence-corrected chi connectivity index (χ0v) is 20.6. The maximum atomic E-state index is 12.5. The highest BCUT2D eigenvalue weighted by molar-refractivity contribution is 5.97. The van der Waals surface area contributed by atoms with Crippen LogP contribution < -0.4 is 9.64 Å². The zero-order chi connectivity index (χ0) is 24.1. The van der Waals surface area contributed by atoms with Crippen LogP contribution >= 0.6 is 0 Å². The van der Waals surface area contributed by atoms with E-state index < -0.39 is 11.7 Å². The van der Waals surface area contributed by atoms with Crippen molar-refractivity contribution >= 4 is 17.7 Å². The molecule has 1 aliphatic heterocycles. The summed E-state index contributed by atoms with van der Waals surface area (Å²) in [4.78, 5) is 27.8. The van der Waals surface area contributed by atoms with Crippen molar-refractivity contribution in [3.63, 3.8) is 0 Å². The molecule has 0 bridgehead atoms. The normalized spacial score (nSPS) is 13.3. The standard InChI is InChI=1S/C22H26N2O4.2C2H6/c1-22(2,3)28-21(26)23-13-14-24(20(25)15-23)18-9-11-19(12-10-18)27-16-17-7-5-4-6-8-17;2*1-2/h4-12H,13-16H2,1-3H3;2*1-2H3. The Morgan fingerprint density at radius 3 is 2.03 bits per heavy atom. The van der Waals surface area contributed by atoms with E-state index in [0.29, 0.717) is 19.7 Å². The molecule has 6 heteroatoms. The molecule has 0 aromatic heterocycles. The van der Waals surface area contributed by atoms with Crippen molar-refractivity contribution in [3.8, 4) is 5.75 Å². The summed E-state index contributed by atoms with van der Waals surface area (Å²) < 4.78 is 11.1. The molecule has 6 nitrogen and oxygen atoms in total. The Hall–Kier alpha value is -3.02. The summed E-state index contributed by atoms with van der Waals surface area (Å²) in [6.07, 6.45) is -0.454. The average Bonchev–Trinajstić information content (AvgIpc) is 2.80. The number of amides is 2. The highest BCUT2D eigenvalue weighted by atomic mass is 16.6. The number of nitrogens with zero attached hydrogens (tertiary/aromatic N) is 2. The molecule has 176 valence electrons. The number of hydrogen-bond donors (Lipinski definition) is 0. The number of carbonyl (C=O) groups excluding carboxylic acids is 2. The number of hydrogen-bond acceptors (Lipinski definition) is 4. The molecular weight excluding hydrogens is 404 g/mol. The second-order valence-corrected chi connectivity index (χ2v) is 7.72. The predicted octanol–water partition coefficient (Wildman–Crippen LogP) is 5.90. The van der Waals surface area contributed by atoms with Gasteiger partial charge in [-0.05, 0) is 50.6 Å². The van der Waals surface area contributed by atoms with Crippen LogP contribution in [0.5, 0.6) is 5.75 Å². The van der Waals surface area contributed by atoms with Crippen molar-refractivity contribution in [3.05, 3.63) is 60.2 Å². The Labute approximate surface area is 193 Å². The summed E-state index contributed by atoms with van der Waals surface area (Å²) in [6, 6.07) is 17.4. The molecule has 1 heterocycles. The quantitative estimate of drug-likeness (QED) is 0.591. The van der Waals surface area contributed by atoms with Gasteiger partial charge >= 0.3 is 6.09 Å². The summed E-state index contributed by atoms with van der Waals surface area (Å²) in [5.41, 5.74) is 1.31. The Bertz CT molecular complexity index is 814. The van der Waals surface area contributed by atoms with Crippen molar-refractivity contribution in [2.24, 2.45) is 0 Å². The summed E-state index contributed by atoms with van der Waals surface area (Å²) in [5, 5.41) is 0.